The largest absolute Gasteiger partial charge is 0.388 e. The zero-order valence-corrected chi connectivity index (χ0v) is 16.4. The van der Waals surface area contributed by atoms with E-state index in [0.29, 0.717) is 35.3 Å². The standard InChI is InChI=1S/C20H18Cl2N4O2/c21-14-3-1-2-12(8-14)9-18-25-20(19(23)27)26(28-18)7-6-13-11-24-17-5-4-15(22)10-16(13)17/h1-5,8,10-11,20,24H,6-7,9H2,(H2,23,27). The molecular formula is C20H18Cl2N4O2. The van der Waals surface area contributed by atoms with E-state index in [9.17, 15) is 4.79 Å². The summed E-state index contributed by atoms with van der Waals surface area (Å²) >= 11 is 12.1. The minimum atomic E-state index is -0.844. The van der Waals surface area contributed by atoms with Gasteiger partial charge in [-0.2, -0.15) is 0 Å². The average Bonchev–Trinajstić information content (AvgIpc) is 3.23. The lowest BCUT2D eigenvalue weighted by Gasteiger charge is -2.19. The van der Waals surface area contributed by atoms with Gasteiger partial charge in [0.25, 0.3) is 5.91 Å². The molecule has 144 valence electrons. The molecule has 0 fully saturated rings. The number of hydrogen-bond acceptors (Lipinski definition) is 4. The predicted molar refractivity (Wildman–Crippen MR) is 110 cm³/mol. The molecule has 0 aliphatic carbocycles. The Morgan fingerprint density at radius 3 is 2.82 bits per heavy atom. The number of benzene rings is 2. The second kappa shape index (κ2) is 7.83. The van der Waals surface area contributed by atoms with Gasteiger partial charge in [0.15, 0.2) is 0 Å². The molecule has 0 bridgehead atoms. The van der Waals surface area contributed by atoms with Crippen molar-refractivity contribution in [3.05, 3.63) is 69.8 Å². The van der Waals surface area contributed by atoms with Crippen LogP contribution >= 0.6 is 23.2 Å². The van der Waals surface area contributed by atoms with Crippen LogP contribution in [0.5, 0.6) is 0 Å². The van der Waals surface area contributed by atoms with Gasteiger partial charge in [0.2, 0.25) is 12.1 Å². The minimum absolute atomic E-state index is 0.434. The highest BCUT2D eigenvalue weighted by atomic mass is 35.5. The van der Waals surface area contributed by atoms with E-state index in [4.69, 9.17) is 33.8 Å². The third-order valence-electron chi connectivity index (χ3n) is 4.59. The topological polar surface area (TPSA) is 83.7 Å². The molecule has 3 N–H and O–H groups in total. The van der Waals surface area contributed by atoms with E-state index in [1.165, 1.54) is 5.06 Å². The molecule has 6 nitrogen and oxygen atoms in total. The van der Waals surface area contributed by atoms with Crippen molar-refractivity contribution in [1.29, 1.82) is 0 Å². The van der Waals surface area contributed by atoms with E-state index >= 15 is 0 Å². The summed E-state index contributed by atoms with van der Waals surface area (Å²) in [6.45, 7) is 0.454. The summed E-state index contributed by atoms with van der Waals surface area (Å²) in [6.07, 6.45) is 2.17. The number of carbonyl (C=O) groups excluding carboxylic acids is 1. The molecule has 0 saturated heterocycles. The summed E-state index contributed by atoms with van der Waals surface area (Å²) < 4.78 is 0. The van der Waals surface area contributed by atoms with Crippen molar-refractivity contribution in [2.75, 3.05) is 6.54 Å². The van der Waals surface area contributed by atoms with E-state index in [1.54, 1.807) is 6.07 Å². The monoisotopic (exact) mass is 416 g/mol. The first-order valence-corrected chi connectivity index (χ1v) is 9.56. The summed E-state index contributed by atoms with van der Waals surface area (Å²) in [7, 11) is 0. The van der Waals surface area contributed by atoms with Gasteiger partial charge in [-0.15, -0.1) is 5.06 Å². The Morgan fingerprint density at radius 2 is 2.04 bits per heavy atom. The van der Waals surface area contributed by atoms with Gasteiger partial charge < -0.3 is 15.6 Å². The Bertz CT molecular complexity index is 1060. The Labute approximate surface area is 171 Å². The second-order valence-electron chi connectivity index (χ2n) is 6.59. The summed E-state index contributed by atoms with van der Waals surface area (Å²) in [6, 6.07) is 13.1. The first-order valence-electron chi connectivity index (χ1n) is 8.80. The van der Waals surface area contributed by atoms with Crippen molar-refractivity contribution < 1.29 is 9.63 Å². The molecule has 1 unspecified atom stereocenters. The minimum Gasteiger partial charge on any atom is -0.388 e. The SMILES string of the molecule is NC(=O)C1N=C(Cc2cccc(Cl)c2)ON1CCc1c[nH]c2ccc(Cl)cc12. The number of hydroxylamine groups is 2. The number of primary amides is 1. The van der Waals surface area contributed by atoms with Gasteiger partial charge >= 0.3 is 0 Å². The number of rotatable bonds is 6. The molecule has 2 aromatic carbocycles. The van der Waals surface area contributed by atoms with E-state index < -0.39 is 12.1 Å². The molecular weight excluding hydrogens is 399 g/mol. The van der Waals surface area contributed by atoms with Crippen LogP contribution in [0.15, 0.2) is 53.7 Å². The summed E-state index contributed by atoms with van der Waals surface area (Å²) in [5.74, 6) is -0.115. The number of amides is 1. The molecule has 1 atom stereocenters. The van der Waals surface area contributed by atoms with Gasteiger partial charge in [-0.05, 0) is 47.9 Å². The van der Waals surface area contributed by atoms with Crippen LogP contribution in [0.2, 0.25) is 10.0 Å². The van der Waals surface area contributed by atoms with Crippen molar-refractivity contribution in [2.45, 2.75) is 19.0 Å². The van der Waals surface area contributed by atoms with Crippen molar-refractivity contribution >= 4 is 45.9 Å². The highest BCUT2D eigenvalue weighted by molar-refractivity contribution is 6.31. The molecule has 1 aliphatic heterocycles. The van der Waals surface area contributed by atoms with E-state index in [2.05, 4.69) is 9.98 Å². The number of nitrogens with two attached hydrogens (primary N) is 1. The van der Waals surface area contributed by atoms with Gasteiger partial charge in [-0.1, -0.05) is 35.3 Å². The fraction of sp³-hybridized carbons (Fsp3) is 0.200. The predicted octanol–water partition coefficient (Wildman–Crippen LogP) is 3.72. The van der Waals surface area contributed by atoms with Crippen molar-refractivity contribution in [3.63, 3.8) is 0 Å². The van der Waals surface area contributed by atoms with Crippen LogP contribution in [0.1, 0.15) is 11.1 Å². The van der Waals surface area contributed by atoms with Crippen LogP contribution in [-0.4, -0.2) is 34.6 Å². The average molecular weight is 417 g/mol. The molecule has 1 amide bonds. The first-order chi connectivity index (χ1) is 13.5. The number of hydrogen-bond donors (Lipinski definition) is 2. The maximum absolute atomic E-state index is 11.8. The normalized spacial score (nSPS) is 16.9. The lowest BCUT2D eigenvalue weighted by atomic mass is 10.1. The van der Waals surface area contributed by atoms with Crippen molar-refractivity contribution in [3.8, 4) is 0 Å². The van der Waals surface area contributed by atoms with Gasteiger partial charge in [0, 0.05) is 33.7 Å². The Hall–Kier alpha value is -2.54. The Morgan fingerprint density at radius 1 is 1.21 bits per heavy atom. The maximum Gasteiger partial charge on any atom is 0.260 e. The lowest BCUT2D eigenvalue weighted by molar-refractivity contribution is -0.137. The second-order valence-corrected chi connectivity index (χ2v) is 7.46. The van der Waals surface area contributed by atoms with Gasteiger partial charge in [0.1, 0.15) is 0 Å². The van der Waals surface area contributed by atoms with E-state index in [0.717, 1.165) is 22.0 Å². The van der Waals surface area contributed by atoms with Crippen LogP contribution in [0, 0.1) is 0 Å². The van der Waals surface area contributed by atoms with Crippen LogP contribution in [0.3, 0.4) is 0 Å². The number of nitrogens with zero attached hydrogens (tertiary/aromatic N) is 2. The lowest BCUT2D eigenvalue weighted by Crippen LogP contribution is -2.40. The smallest absolute Gasteiger partial charge is 0.260 e. The van der Waals surface area contributed by atoms with Gasteiger partial charge in [-0.25, -0.2) is 4.99 Å². The van der Waals surface area contributed by atoms with Crippen LogP contribution in [-0.2, 0) is 22.5 Å². The molecule has 3 aromatic rings. The summed E-state index contributed by atoms with van der Waals surface area (Å²) in [5, 5.41) is 3.87. The third-order valence-corrected chi connectivity index (χ3v) is 5.06. The number of H-pyrrole nitrogens is 1. The number of nitrogens with one attached hydrogen (secondary N) is 1. The number of aromatic amines is 1. The highest BCUT2D eigenvalue weighted by Gasteiger charge is 2.32. The highest BCUT2D eigenvalue weighted by Crippen LogP contribution is 2.24. The zero-order chi connectivity index (χ0) is 19.7. The molecule has 1 aliphatic rings. The number of aromatic nitrogens is 1. The van der Waals surface area contributed by atoms with Gasteiger partial charge in [0.05, 0.1) is 6.42 Å². The molecule has 0 saturated carbocycles. The first kappa shape index (κ1) is 18.8. The molecule has 1 aromatic heterocycles. The Kier molecular flexibility index (Phi) is 5.26. The maximum atomic E-state index is 11.8. The molecule has 0 spiro atoms. The van der Waals surface area contributed by atoms with Crippen LogP contribution in [0.25, 0.3) is 10.9 Å². The number of aliphatic imine (C=N–C) groups is 1. The zero-order valence-electron chi connectivity index (χ0n) is 14.9. The van der Waals surface area contributed by atoms with Crippen LogP contribution in [0.4, 0.5) is 0 Å². The van der Waals surface area contributed by atoms with E-state index in [1.807, 2.05) is 42.6 Å². The molecule has 2 heterocycles. The number of carbonyl (C=O) groups is 1. The fourth-order valence-corrected chi connectivity index (χ4v) is 3.66. The van der Waals surface area contributed by atoms with Crippen molar-refractivity contribution in [1.82, 2.24) is 10.0 Å². The summed E-state index contributed by atoms with van der Waals surface area (Å²) in [5.41, 5.74) is 8.54. The van der Waals surface area contributed by atoms with Gasteiger partial charge in [-0.3, -0.25) is 4.79 Å². The number of fused-ring (bicyclic) bond motifs is 1. The van der Waals surface area contributed by atoms with E-state index in [-0.39, 0.29) is 0 Å². The van der Waals surface area contributed by atoms with Crippen LogP contribution < -0.4 is 5.73 Å². The molecule has 4 rings (SSSR count). The Balaban J connectivity index is 1.46. The molecule has 28 heavy (non-hydrogen) atoms. The fourth-order valence-electron chi connectivity index (χ4n) is 3.27. The number of halogens is 2. The van der Waals surface area contributed by atoms with Crippen molar-refractivity contribution in [2.24, 2.45) is 10.7 Å². The quantitative estimate of drug-likeness (QED) is 0.641. The summed E-state index contributed by atoms with van der Waals surface area (Å²) in [4.78, 5) is 25.2. The third kappa shape index (κ3) is 3.99. The molecule has 0 radical (unpaired) electrons. The molecule has 8 heteroatoms.